The second-order valence-electron chi connectivity index (χ2n) is 6.83. The van der Waals surface area contributed by atoms with Crippen LogP contribution in [0.2, 0.25) is 0 Å². The highest BCUT2D eigenvalue weighted by Gasteiger charge is 2.58. The van der Waals surface area contributed by atoms with Gasteiger partial charge in [0, 0.05) is 11.6 Å². The third-order valence-electron chi connectivity index (χ3n) is 5.39. The lowest BCUT2D eigenvalue weighted by Crippen LogP contribution is -2.43. The number of carboxylic acid groups (broad SMARTS) is 2. The van der Waals surface area contributed by atoms with Crippen molar-refractivity contribution >= 4 is 23.5 Å². The molecule has 0 bridgehead atoms. The molecule has 1 saturated carbocycles. The van der Waals surface area contributed by atoms with Crippen LogP contribution < -0.4 is 5.32 Å². The zero-order chi connectivity index (χ0) is 17.4. The van der Waals surface area contributed by atoms with E-state index in [1.807, 2.05) is 0 Å². The van der Waals surface area contributed by atoms with Gasteiger partial charge in [0.05, 0.1) is 11.0 Å². The van der Waals surface area contributed by atoms with Crippen LogP contribution in [0.5, 0.6) is 0 Å². The molecule has 2 rings (SSSR count). The lowest BCUT2D eigenvalue weighted by Gasteiger charge is -2.37. The number of amides is 1. The molecule has 1 amide bonds. The number of nitrogens with one attached hydrogen (secondary N) is 1. The van der Waals surface area contributed by atoms with Crippen LogP contribution in [-0.2, 0) is 9.59 Å². The maximum absolute atomic E-state index is 12.6. The van der Waals surface area contributed by atoms with E-state index in [-0.39, 0.29) is 11.5 Å². The number of carbonyl (C=O) groups excluding carboxylic acids is 1. The standard InChI is InChI=1S/C17H21NO5/c1-16(2)12(7-8-17(16,3)15(22)23)13(19)18-11-6-4-5-10(9-11)14(20)21/h4-6,9,12H,7-8H2,1-3H3,(H,18,19)(H,20,21)(H,22,23)/t12-,17+/m1/s1. The molecule has 6 heteroatoms. The first-order chi connectivity index (χ1) is 10.6. The normalized spacial score (nSPS) is 25.8. The molecule has 1 aromatic rings. The minimum absolute atomic E-state index is 0.0869. The molecule has 3 N–H and O–H groups in total. The Morgan fingerprint density at radius 2 is 1.83 bits per heavy atom. The van der Waals surface area contributed by atoms with Gasteiger partial charge in [0.2, 0.25) is 5.91 Å². The van der Waals surface area contributed by atoms with Gasteiger partial charge in [-0.3, -0.25) is 9.59 Å². The molecule has 1 aromatic carbocycles. The monoisotopic (exact) mass is 319 g/mol. The summed E-state index contributed by atoms with van der Waals surface area (Å²) < 4.78 is 0. The number of anilines is 1. The minimum atomic E-state index is -1.07. The van der Waals surface area contributed by atoms with E-state index >= 15 is 0 Å². The van der Waals surface area contributed by atoms with Gasteiger partial charge in [0.25, 0.3) is 0 Å². The van der Waals surface area contributed by atoms with Gasteiger partial charge in [-0.2, -0.15) is 0 Å². The van der Waals surface area contributed by atoms with Crippen molar-refractivity contribution in [2.45, 2.75) is 33.6 Å². The summed E-state index contributed by atoms with van der Waals surface area (Å²) in [5.74, 6) is -2.69. The number of hydrogen-bond donors (Lipinski definition) is 3. The van der Waals surface area contributed by atoms with Crippen molar-refractivity contribution in [1.82, 2.24) is 0 Å². The fraction of sp³-hybridized carbons (Fsp3) is 0.471. The Morgan fingerprint density at radius 3 is 2.35 bits per heavy atom. The molecular weight excluding hydrogens is 298 g/mol. The number of benzene rings is 1. The predicted octanol–water partition coefficient (Wildman–Crippen LogP) is 2.85. The largest absolute Gasteiger partial charge is 0.481 e. The number of carbonyl (C=O) groups is 3. The number of carboxylic acids is 2. The van der Waals surface area contributed by atoms with Crippen molar-refractivity contribution in [2.24, 2.45) is 16.7 Å². The lowest BCUT2D eigenvalue weighted by molar-refractivity contribution is -0.154. The Kier molecular flexibility index (Phi) is 4.20. The Balaban J connectivity index is 2.21. The van der Waals surface area contributed by atoms with Gasteiger partial charge < -0.3 is 15.5 Å². The molecule has 0 saturated heterocycles. The molecule has 0 spiro atoms. The second kappa shape index (κ2) is 5.68. The van der Waals surface area contributed by atoms with Crippen molar-refractivity contribution in [3.63, 3.8) is 0 Å². The van der Waals surface area contributed by atoms with E-state index in [1.54, 1.807) is 32.9 Å². The average molecular weight is 319 g/mol. The fourth-order valence-corrected chi connectivity index (χ4v) is 3.30. The van der Waals surface area contributed by atoms with Crippen LogP contribution >= 0.6 is 0 Å². The zero-order valence-corrected chi connectivity index (χ0v) is 13.4. The third kappa shape index (κ3) is 2.81. The van der Waals surface area contributed by atoms with E-state index in [1.165, 1.54) is 12.1 Å². The summed E-state index contributed by atoms with van der Waals surface area (Å²) in [4.78, 5) is 35.1. The minimum Gasteiger partial charge on any atom is -0.481 e. The highest BCUT2D eigenvalue weighted by molar-refractivity contribution is 5.96. The maximum atomic E-state index is 12.6. The summed E-state index contributed by atoms with van der Waals surface area (Å²) in [6, 6.07) is 6.00. The Bertz CT molecular complexity index is 667. The summed E-state index contributed by atoms with van der Waals surface area (Å²) in [6.07, 6.45) is 0.919. The van der Waals surface area contributed by atoms with E-state index < -0.39 is 28.7 Å². The molecule has 2 atom stereocenters. The predicted molar refractivity (Wildman–Crippen MR) is 84.3 cm³/mol. The molecule has 124 valence electrons. The summed E-state index contributed by atoms with van der Waals surface area (Å²) in [6.45, 7) is 5.27. The van der Waals surface area contributed by atoms with E-state index in [2.05, 4.69) is 5.32 Å². The first-order valence-corrected chi connectivity index (χ1v) is 7.47. The third-order valence-corrected chi connectivity index (χ3v) is 5.39. The van der Waals surface area contributed by atoms with Crippen LogP contribution in [0.1, 0.15) is 44.0 Å². The number of aliphatic carboxylic acids is 1. The van der Waals surface area contributed by atoms with Gasteiger partial charge in [0.15, 0.2) is 0 Å². The van der Waals surface area contributed by atoms with Crippen molar-refractivity contribution in [1.29, 1.82) is 0 Å². The summed E-state index contributed by atoms with van der Waals surface area (Å²) in [5, 5.41) is 21.2. The molecule has 1 aliphatic rings. The number of aromatic carboxylic acids is 1. The van der Waals surface area contributed by atoms with Crippen LogP contribution in [-0.4, -0.2) is 28.1 Å². The number of hydrogen-bond acceptors (Lipinski definition) is 3. The Morgan fingerprint density at radius 1 is 1.17 bits per heavy atom. The maximum Gasteiger partial charge on any atom is 0.335 e. The van der Waals surface area contributed by atoms with Gasteiger partial charge >= 0.3 is 11.9 Å². The molecular formula is C17H21NO5. The van der Waals surface area contributed by atoms with Crippen LogP contribution in [0.3, 0.4) is 0 Å². The van der Waals surface area contributed by atoms with Gasteiger partial charge in [-0.05, 0) is 43.4 Å². The topological polar surface area (TPSA) is 104 Å². The van der Waals surface area contributed by atoms with Crippen molar-refractivity contribution < 1.29 is 24.6 Å². The van der Waals surface area contributed by atoms with Crippen LogP contribution in [0.4, 0.5) is 5.69 Å². The zero-order valence-electron chi connectivity index (χ0n) is 13.4. The summed E-state index contributed by atoms with van der Waals surface area (Å²) in [7, 11) is 0. The Hall–Kier alpha value is -2.37. The van der Waals surface area contributed by atoms with Gasteiger partial charge in [0.1, 0.15) is 0 Å². The molecule has 0 unspecified atom stereocenters. The van der Waals surface area contributed by atoms with Crippen LogP contribution in [0.25, 0.3) is 0 Å². The molecule has 1 aliphatic carbocycles. The average Bonchev–Trinajstić information content (AvgIpc) is 2.71. The summed E-state index contributed by atoms with van der Waals surface area (Å²) >= 11 is 0. The molecule has 0 aliphatic heterocycles. The Labute approximate surface area is 134 Å². The summed E-state index contributed by atoms with van der Waals surface area (Å²) in [5.41, 5.74) is -1.18. The van der Waals surface area contributed by atoms with Crippen molar-refractivity contribution in [3.05, 3.63) is 29.8 Å². The van der Waals surface area contributed by atoms with Gasteiger partial charge in [-0.25, -0.2) is 4.79 Å². The highest BCUT2D eigenvalue weighted by atomic mass is 16.4. The smallest absolute Gasteiger partial charge is 0.335 e. The SMILES string of the molecule is CC1(C)[C@@H](C(=O)Nc2cccc(C(=O)O)c2)CC[C@@]1(C)C(=O)O. The molecule has 6 nitrogen and oxygen atoms in total. The first-order valence-electron chi connectivity index (χ1n) is 7.47. The van der Waals surface area contributed by atoms with E-state index in [0.29, 0.717) is 18.5 Å². The highest BCUT2D eigenvalue weighted by Crippen LogP contribution is 2.56. The molecule has 0 heterocycles. The van der Waals surface area contributed by atoms with Gasteiger partial charge in [-0.1, -0.05) is 19.9 Å². The van der Waals surface area contributed by atoms with Crippen LogP contribution in [0.15, 0.2) is 24.3 Å². The van der Waals surface area contributed by atoms with Crippen LogP contribution in [0, 0.1) is 16.7 Å². The van der Waals surface area contributed by atoms with Crippen molar-refractivity contribution in [3.8, 4) is 0 Å². The first kappa shape index (κ1) is 17.0. The van der Waals surface area contributed by atoms with Crippen molar-refractivity contribution in [2.75, 3.05) is 5.32 Å². The lowest BCUT2D eigenvalue weighted by atomic mass is 9.65. The van der Waals surface area contributed by atoms with E-state index in [4.69, 9.17) is 5.11 Å². The van der Waals surface area contributed by atoms with E-state index in [9.17, 15) is 19.5 Å². The van der Waals surface area contributed by atoms with E-state index in [0.717, 1.165) is 0 Å². The molecule has 1 fully saturated rings. The van der Waals surface area contributed by atoms with Gasteiger partial charge in [-0.15, -0.1) is 0 Å². The second-order valence-corrected chi connectivity index (χ2v) is 6.83. The quantitative estimate of drug-likeness (QED) is 0.791. The fourth-order valence-electron chi connectivity index (χ4n) is 3.30. The molecule has 0 radical (unpaired) electrons. The number of rotatable bonds is 4. The molecule has 23 heavy (non-hydrogen) atoms. The molecule has 0 aromatic heterocycles.